The van der Waals surface area contributed by atoms with Gasteiger partial charge in [-0.25, -0.2) is 0 Å². The van der Waals surface area contributed by atoms with E-state index in [1.165, 1.54) is 0 Å². The van der Waals surface area contributed by atoms with Gasteiger partial charge in [-0.15, -0.1) is 0 Å². The quantitative estimate of drug-likeness (QED) is 0.101. The molecule has 1 aromatic rings. The number of carboxylic acids is 1. The maximum Gasteiger partial charge on any atom is 0.324 e. The molecule has 1 fully saturated rings. The second kappa shape index (κ2) is 20.8. The van der Waals surface area contributed by atoms with Crippen molar-refractivity contribution < 1.29 is 48.3 Å². The molecular weight excluding hydrogens is 646 g/mol. The van der Waals surface area contributed by atoms with Gasteiger partial charge in [0.15, 0.2) is 0 Å². The van der Waals surface area contributed by atoms with Crippen molar-refractivity contribution in [1.29, 1.82) is 0 Å². The summed E-state index contributed by atoms with van der Waals surface area (Å²) in [5, 5.41) is 24.2. The number of aliphatic hydroxyl groups excluding tert-OH is 1. The number of esters is 1. The van der Waals surface area contributed by atoms with E-state index in [1.807, 2.05) is 13.8 Å². The van der Waals surface area contributed by atoms with Crippen molar-refractivity contribution in [3.63, 3.8) is 0 Å². The number of ether oxygens (including phenoxy) is 5. The van der Waals surface area contributed by atoms with E-state index in [9.17, 15) is 24.6 Å². The Hall–Kier alpha value is -2.97. The van der Waals surface area contributed by atoms with E-state index < -0.39 is 41.0 Å². The van der Waals surface area contributed by atoms with Crippen LogP contribution in [0.2, 0.25) is 0 Å². The number of aliphatic carboxylic acids is 1. The Bertz CT molecular complexity index is 1200. The molecule has 1 aliphatic heterocycles. The third-order valence-electron chi connectivity index (χ3n) is 9.15. The smallest absolute Gasteiger partial charge is 0.324 e. The maximum atomic E-state index is 13.6. The molecule has 0 saturated carbocycles. The van der Waals surface area contributed by atoms with Gasteiger partial charge in [0.2, 0.25) is 0 Å². The highest BCUT2D eigenvalue weighted by molar-refractivity contribution is 5.97. The number of morpholine rings is 1. The van der Waals surface area contributed by atoms with E-state index in [2.05, 4.69) is 10.2 Å². The molecule has 13 heteroatoms. The number of aliphatic hydroxyl groups is 1. The first kappa shape index (κ1) is 43.2. The van der Waals surface area contributed by atoms with Gasteiger partial charge in [0.05, 0.1) is 37.4 Å². The zero-order chi connectivity index (χ0) is 37.5. The second-order valence-electron chi connectivity index (χ2n) is 14.9. The molecular formula is C37H63N3O10. The highest BCUT2D eigenvalue weighted by Crippen LogP contribution is 2.31. The van der Waals surface area contributed by atoms with Gasteiger partial charge in [0.25, 0.3) is 5.91 Å². The normalized spacial score (nSPS) is 17.1. The standard InChI is InChI=1S/C37H63N3O10/c1-25(2)27(21-30(34(43)50-36(5,6)7)31(41)23-37(38,26(3)4)35(44)45)24-39-33(42)29-12-11-28(22-32(29)49-17-10-9-16-46-8)48-20-15-40-13-18-47-19-14-40/h11-12,22,25-27,30-31,41H,9-10,13-21,23-24,38H2,1-8H3,(H,39,42)(H,44,45)/t27-,30+,31+,37+/m1/s1. The maximum absolute atomic E-state index is 13.6. The van der Waals surface area contributed by atoms with E-state index in [1.54, 1.807) is 59.9 Å². The van der Waals surface area contributed by atoms with Crippen LogP contribution in [-0.4, -0.2) is 117 Å². The second-order valence-corrected chi connectivity index (χ2v) is 14.9. The average Bonchev–Trinajstić information content (AvgIpc) is 3.03. The number of carbonyl (C=O) groups excluding carboxylic acids is 2. The minimum absolute atomic E-state index is 0.0154. The average molecular weight is 710 g/mol. The summed E-state index contributed by atoms with van der Waals surface area (Å²) in [6, 6.07) is 5.16. The molecule has 1 heterocycles. The van der Waals surface area contributed by atoms with E-state index in [0.29, 0.717) is 50.1 Å². The Balaban J connectivity index is 2.23. The van der Waals surface area contributed by atoms with Crippen molar-refractivity contribution >= 4 is 17.8 Å². The summed E-state index contributed by atoms with van der Waals surface area (Å²) in [5.74, 6) is -3.14. The molecule has 1 saturated heterocycles. The van der Waals surface area contributed by atoms with E-state index in [0.717, 1.165) is 32.5 Å². The van der Waals surface area contributed by atoms with Crippen molar-refractivity contribution in [3.05, 3.63) is 23.8 Å². The summed E-state index contributed by atoms with van der Waals surface area (Å²) < 4.78 is 28.3. The van der Waals surface area contributed by atoms with E-state index in [4.69, 9.17) is 29.4 Å². The van der Waals surface area contributed by atoms with Gasteiger partial charge in [-0.1, -0.05) is 27.7 Å². The predicted octanol–water partition coefficient (Wildman–Crippen LogP) is 3.74. The van der Waals surface area contributed by atoms with Crippen LogP contribution in [0, 0.1) is 23.7 Å². The Kier molecular flexibility index (Phi) is 17.9. The van der Waals surface area contributed by atoms with Crippen molar-refractivity contribution in [2.75, 3.05) is 66.3 Å². The Labute approximate surface area is 298 Å². The first-order valence-electron chi connectivity index (χ1n) is 17.9. The van der Waals surface area contributed by atoms with Crippen molar-refractivity contribution in [1.82, 2.24) is 10.2 Å². The molecule has 0 aromatic heterocycles. The number of carbonyl (C=O) groups is 3. The molecule has 1 aromatic carbocycles. The summed E-state index contributed by atoms with van der Waals surface area (Å²) in [6.07, 6.45) is -0.0418. The lowest BCUT2D eigenvalue weighted by Gasteiger charge is -2.35. The molecule has 5 N–H and O–H groups in total. The first-order chi connectivity index (χ1) is 23.5. The van der Waals surface area contributed by atoms with Crippen LogP contribution in [0.3, 0.4) is 0 Å². The SMILES string of the molecule is COCCCCOc1cc(OCCN2CCOCC2)ccc1C(=O)NC[C@@H](C[C@H](C(=O)OC(C)(C)C)[C@@H](O)C[C@@](N)(C(=O)O)C(C)C)C(C)C. The molecule has 4 atom stereocenters. The number of rotatable bonds is 22. The molecule has 2 rings (SSSR count). The number of amides is 1. The Morgan fingerprint density at radius 3 is 2.26 bits per heavy atom. The molecule has 1 aliphatic rings. The number of hydrogen-bond donors (Lipinski definition) is 4. The minimum atomic E-state index is -1.75. The monoisotopic (exact) mass is 709 g/mol. The predicted molar refractivity (Wildman–Crippen MR) is 190 cm³/mol. The molecule has 0 spiro atoms. The van der Waals surface area contributed by atoms with Crippen LogP contribution in [0.15, 0.2) is 18.2 Å². The van der Waals surface area contributed by atoms with E-state index >= 15 is 0 Å². The highest BCUT2D eigenvalue weighted by Gasteiger charge is 2.44. The first-order valence-corrected chi connectivity index (χ1v) is 17.9. The molecule has 1 amide bonds. The molecule has 0 unspecified atom stereocenters. The molecule has 0 bridgehead atoms. The molecule has 286 valence electrons. The lowest BCUT2D eigenvalue weighted by atomic mass is 9.76. The third-order valence-corrected chi connectivity index (χ3v) is 9.15. The van der Waals surface area contributed by atoms with Crippen molar-refractivity contribution in [3.8, 4) is 11.5 Å². The molecule has 0 aliphatic carbocycles. The van der Waals surface area contributed by atoms with Crippen LogP contribution in [0.4, 0.5) is 0 Å². The van der Waals surface area contributed by atoms with Gasteiger partial charge in [0, 0.05) is 52.4 Å². The van der Waals surface area contributed by atoms with Gasteiger partial charge in [-0.2, -0.15) is 0 Å². The number of nitrogens with two attached hydrogens (primary N) is 1. The minimum Gasteiger partial charge on any atom is -0.493 e. The third kappa shape index (κ3) is 14.3. The van der Waals surface area contributed by atoms with Crippen LogP contribution in [0.25, 0.3) is 0 Å². The largest absolute Gasteiger partial charge is 0.493 e. The van der Waals surface area contributed by atoms with Crippen LogP contribution < -0.4 is 20.5 Å². The fourth-order valence-corrected chi connectivity index (χ4v) is 5.63. The zero-order valence-electron chi connectivity index (χ0n) is 31.5. The van der Waals surface area contributed by atoms with Gasteiger partial charge < -0.3 is 44.9 Å². The van der Waals surface area contributed by atoms with Crippen LogP contribution >= 0.6 is 0 Å². The van der Waals surface area contributed by atoms with Gasteiger partial charge >= 0.3 is 11.9 Å². The zero-order valence-corrected chi connectivity index (χ0v) is 31.5. The van der Waals surface area contributed by atoms with Crippen LogP contribution in [0.1, 0.15) is 84.5 Å². The highest BCUT2D eigenvalue weighted by atomic mass is 16.6. The lowest BCUT2D eigenvalue weighted by molar-refractivity contribution is -0.167. The fourth-order valence-electron chi connectivity index (χ4n) is 5.63. The molecule has 13 nitrogen and oxygen atoms in total. The number of nitrogens with one attached hydrogen (secondary N) is 1. The number of benzene rings is 1. The summed E-state index contributed by atoms with van der Waals surface area (Å²) in [4.78, 5) is 41.5. The summed E-state index contributed by atoms with van der Waals surface area (Å²) in [5.41, 5.74) is 4.00. The van der Waals surface area contributed by atoms with Gasteiger partial charge in [-0.3, -0.25) is 19.3 Å². The Morgan fingerprint density at radius 1 is 1.02 bits per heavy atom. The van der Waals surface area contributed by atoms with Crippen LogP contribution in [0.5, 0.6) is 11.5 Å². The van der Waals surface area contributed by atoms with Crippen LogP contribution in [-0.2, 0) is 23.8 Å². The number of methoxy groups -OCH3 is 1. The topological polar surface area (TPSA) is 179 Å². The number of hydrogen-bond acceptors (Lipinski definition) is 11. The summed E-state index contributed by atoms with van der Waals surface area (Å²) in [6.45, 7) is 18.0. The summed E-state index contributed by atoms with van der Waals surface area (Å²) in [7, 11) is 1.65. The fraction of sp³-hybridized carbons (Fsp3) is 0.757. The Morgan fingerprint density at radius 2 is 1.68 bits per heavy atom. The van der Waals surface area contributed by atoms with E-state index in [-0.39, 0.29) is 37.1 Å². The molecule has 50 heavy (non-hydrogen) atoms. The summed E-state index contributed by atoms with van der Waals surface area (Å²) >= 11 is 0. The number of unbranched alkanes of at least 4 members (excludes halogenated alkanes) is 1. The molecule has 0 radical (unpaired) electrons. The van der Waals surface area contributed by atoms with Gasteiger partial charge in [0.1, 0.15) is 29.2 Å². The van der Waals surface area contributed by atoms with Crippen molar-refractivity contribution in [2.45, 2.75) is 91.4 Å². The lowest BCUT2D eigenvalue weighted by Crippen LogP contribution is -2.56. The van der Waals surface area contributed by atoms with Crippen molar-refractivity contribution in [2.24, 2.45) is 29.4 Å². The number of carboxylic acid groups (broad SMARTS) is 1. The number of nitrogens with zero attached hydrogens (tertiary/aromatic N) is 1. The van der Waals surface area contributed by atoms with Gasteiger partial charge in [-0.05, 0) is 69.9 Å².